The molecule has 0 saturated carbocycles. The van der Waals surface area contributed by atoms with Gasteiger partial charge in [0.15, 0.2) is 4.99 Å². The molecule has 0 aliphatic heterocycles. The van der Waals surface area contributed by atoms with Crippen LogP contribution in [0.25, 0.3) is 0 Å². The Kier molecular flexibility index (Phi) is 1.78. The van der Waals surface area contributed by atoms with Crippen LogP contribution in [0.5, 0.6) is 0 Å². The molecule has 0 aliphatic rings. The van der Waals surface area contributed by atoms with Gasteiger partial charge in [-0.25, -0.2) is 0 Å². The molecule has 0 aromatic heterocycles. The number of isocyanates is 1. The Balaban J connectivity index is 2.97. The monoisotopic (exact) mass is 119 g/mol. The standard InChI is InChI=1S/C7H5NO/c9-6-8-7-4-2-1-3-5-7/h1-5H/q+1. The lowest BCUT2D eigenvalue weighted by molar-refractivity contribution is 0.563. The summed E-state index contributed by atoms with van der Waals surface area (Å²) in [6.07, 6.45) is 1.46. The molecular weight excluding hydrogens is 114 g/mol. The van der Waals surface area contributed by atoms with E-state index in [9.17, 15) is 4.79 Å². The quantitative estimate of drug-likeness (QED) is 0.400. The van der Waals surface area contributed by atoms with Gasteiger partial charge in [-0.3, -0.25) is 0 Å². The van der Waals surface area contributed by atoms with Crippen LogP contribution in [0, 0.1) is 0 Å². The zero-order chi connectivity index (χ0) is 6.53. The van der Waals surface area contributed by atoms with Crippen LogP contribution in [0.3, 0.4) is 0 Å². The normalized spacial score (nSPS) is 8.00. The van der Waals surface area contributed by atoms with Gasteiger partial charge in [-0.1, -0.05) is 18.2 Å². The Hall–Kier alpha value is -1.40. The minimum absolute atomic E-state index is 0.646. The summed E-state index contributed by atoms with van der Waals surface area (Å²) < 4.78 is 0. The van der Waals surface area contributed by atoms with E-state index < -0.39 is 0 Å². The van der Waals surface area contributed by atoms with Crippen molar-refractivity contribution in [3.8, 4) is 0 Å². The van der Waals surface area contributed by atoms with E-state index in [1.165, 1.54) is 6.08 Å². The molecule has 1 rings (SSSR count). The van der Waals surface area contributed by atoms with Crippen molar-refractivity contribution in [2.24, 2.45) is 0 Å². The molecule has 0 fully saturated rings. The lowest BCUT2D eigenvalue weighted by Gasteiger charge is -1.72. The molecule has 0 atom stereocenters. The first kappa shape index (κ1) is 5.73. The van der Waals surface area contributed by atoms with Crippen LogP contribution in [0.1, 0.15) is 0 Å². The third-order valence-electron chi connectivity index (χ3n) is 0.931. The van der Waals surface area contributed by atoms with Gasteiger partial charge in [-0.2, -0.15) is 4.79 Å². The predicted octanol–water partition coefficient (Wildman–Crippen LogP) is 0.990. The summed E-state index contributed by atoms with van der Waals surface area (Å²) in [4.78, 5) is 13.1. The van der Waals surface area contributed by atoms with E-state index in [1.54, 1.807) is 12.1 Å². The van der Waals surface area contributed by atoms with Crippen molar-refractivity contribution in [1.29, 1.82) is 0 Å². The molecule has 2 heteroatoms. The fourth-order valence-electron chi connectivity index (χ4n) is 0.555. The average Bonchev–Trinajstić information content (AvgIpc) is 1.91. The number of nitrogens with zero attached hydrogens (tertiary/aromatic N) is 1. The third kappa shape index (κ3) is 1.52. The minimum Gasteiger partial charge on any atom is -0.154 e. The van der Waals surface area contributed by atoms with Crippen LogP contribution < -0.4 is 4.99 Å². The molecule has 0 unspecified atom stereocenters. The molecule has 1 aromatic rings. The average molecular weight is 119 g/mol. The molecule has 2 nitrogen and oxygen atoms in total. The van der Waals surface area contributed by atoms with Gasteiger partial charge in [0.25, 0.3) is 5.69 Å². The molecule has 0 aliphatic carbocycles. The van der Waals surface area contributed by atoms with Crippen LogP contribution in [-0.4, -0.2) is 6.08 Å². The Bertz CT molecular complexity index is 224. The van der Waals surface area contributed by atoms with Gasteiger partial charge in [0, 0.05) is 12.1 Å². The summed E-state index contributed by atoms with van der Waals surface area (Å²) in [5.74, 6) is 0. The topological polar surface area (TPSA) is 31.2 Å². The summed E-state index contributed by atoms with van der Waals surface area (Å²) in [5.41, 5.74) is 0.646. The van der Waals surface area contributed by atoms with Gasteiger partial charge in [0.05, 0.1) is 0 Å². The number of hydrogen-bond acceptors (Lipinski definition) is 2. The van der Waals surface area contributed by atoms with Crippen molar-refractivity contribution in [2.75, 3.05) is 0 Å². The Morgan fingerprint density at radius 3 is 2.44 bits per heavy atom. The van der Waals surface area contributed by atoms with E-state index in [4.69, 9.17) is 0 Å². The summed E-state index contributed by atoms with van der Waals surface area (Å²) in [5, 5.41) is 0. The van der Waals surface area contributed by atoms with Gasteiger partial charge >= 0.3 is 6.08 Å². The first-order chi connectivity index (χ1) is 4.43. The van der Waals surface area contributed by atoms with E-state index in [-0.39, 0.29) is 0 Å². The number of carbonyl (C=O) groups excluding carboxylic acids is 1. The zero-order valence-electron chi connectivity index (χ0n) is 4.74. The molecule has 9 heavy (non-hydrogen) atoms. The molecular formula is C7H5NO+. The maximum atomic E-state index is 9.68. The van der Waals surface area contributed by atoms with Crippen molar-refractivity contribution in [2.45, 2.75) is 0 Å². The molecule has 0 heterocycles. The lowest BCUT2D eigenvalue weighted by atomic mass is 10.3. The Morgan fingerprint density at radius 1 is 1.22 bits per heavy atom. The van der Waals surface area contributed by atoms with Gasteiger partial charge in [-0.05, 0) is 0 Å². The summed E-state index contributed by atoms with van der Waals surface area (Å²) in [7, 11) is 0. The fourth-order valence-corrected chi connectivity index (χ4v) is 0.555. The summed E-state index contributed by atoms with van der Waals surface area (Å²) >= 11 is 0. The third-order valence-corrected chi connectivity index (χ3v) is 0.931. The SMILES string of the molecule is O=C=[N+]c1ccccc1. The number of benzene rings is 1. The molecule has 0 bridgehead atoms. The highest BCUT2D eigenvalue weighted by Crippen LogP contribution is 2.00. The van der Waals surface area contributed by atoms with Crippen LogP contribution in [0.4, 0.5) is 5.69 Å². The van der Waals surface area contributed by atoms with Crippen LogP contribution in [0.15, 0.2) is 30.3 Å². The second-order valence-electron chi connectivity index (χ2n) is 1.54. The number of hydrogen-bond donors (Lipinski definition) is 0. The highest BCUT2D eigenvalue weighted by Gasteiger charge is 1.96. The smallest absolute Gasteiger partial charge is 0.154 e. The van der Waals surface area contributed by atoms with Gasteiger partial charge in [0.2, 0.25) is 0 Å². The number of rotatable bonds is 1. The molecule has 43 valence electrons. The minimum atomic E-state index is 0.646. The first-order valence-corrected chi connectivity index (χ1v) is 2.56. The largest absolute Gasteiger partial charge is 0.504 e. The summed E-state index contributed by atoms with van der Waals surface area (Å²) in [6.45, 7) is 0. The second-order valence-corrected chi connectivity index (χ2v) is 1.54. The maximum absolute atomic E-state index is 9.68. The number of para-hydroxylation sites is 1. The van der Waals surface area contributed by atoms with Gasteiger partial charge in [-0.15, -0.1) is 0 Å². The van der Waals surface area contributed by atoms with Crippen molar-refractivity contribution in [3.63, 3.8) is 0 Å². The Labute approximate surface area is 52.9 Å². The number of aliphatic imine (C=N–C) groups is 1. The molecule has 0 saturated heterocycles. The first-order valence-electron chi connectivity index (χ1n) is 2.56. The van der Waals surface area contributed by atoms with E-state index >= 15 is 0 Å². The predicted molar refractivity (Wildman–Crippen MR) is 33.9 cm³/mol. The van der Waals surface area contributed by atoms with Crippen molar-refractivity contribution in [1.82, 2.24) is 4.99 Å². The molecule has 1 radical (unpaired) electrons. The van der Waals surface area contributed by atoms with Crippen molar-refractivity contribution < 1.29 is 4.79 Å². The highest BCUT2D eigenvalue weighted by atomic mass is 16.1. The van der Waals surface area contributed by atoms with Crippen LogP contribution in [-0.2, 0) is 4.79 Å². The molecule has 0 amide bonds. The van der Waals surface area contributed by atoms with Gasteiger partial charge in [0.1, 0.15) is 0 Å². The van der Waals surface area contributed by atoms with Crippen molar-refractivity contribution in [3.05, 3.63) is 30.3 Å². The maximum Gasteiger partial charge on any atom is 0.504 e. The van der Waals surface area contributed by atoms with Crippen molar-refractivity contribution >= 4 is 11.8 Å². The molecule has 0 N–H and O–H groups in total. The van der Waals surface area contributed by atoms with Gasteiger partial charge < -0.3 is 0 Å². The van der Waals surface area contributed by atoms with E-state index in [2.05, 4.69) is 4.99 Å². The highest BCUT2D eigenvalue weighted by molar-refractivity contribution is 5.45. The lowest BCUT2D eigenvalue weighted by Crippen LogP contribution is -1.74. The van der Waals surface area contributed by atoms with Crippen LogP contribution in [0.2, 0.25) is 0 Å². The Morgan fingerprint density at radius 2 is 1.89 bits per heavy atom. The van der Waals surface area contributed by atoms with E-state index in [1.807, 2.05) is 18.2 Å². The van der Waals surface area contributed by atoms with E-state index in [0.29, 0.717) is 5.69 Å². The molecule has 0 spiro atoms. The molecule has 1 aromatic carbocycles. The zero-order valence-corrected chi connectivity index (χ0v) is 4.74. The second kappa shape index (κ2) is 2.80. The van der Waals surface area contributed by atoms with Crippen LogP contribution >= 0.6 is 0 Å². The van der Waals surface area contributed by atoms with E-state index in [0.717, 1.165) is 0 Å². The summed E-state index contributed by atoms with van der Waals surface area (Å²) in [6, 6.07) is 8.98. The fraction of sp³-hybridized carbons (Fsp3) is 0.